The number of rotatable bonds is 6. The fraction of sp³-hybridized carbons (Fsp3) is 0.364. The molecule has 0 radical (unpaired) electrons. The zero-order valence-corrected chi connectivity index (χ0v) is 18.4. The van der Waals surface area contributed by atoms with E-state index < -0.39 is 5.97 Å². The van der Waals surface area contributed by atoms with Gasteiger partial charge in [0.1, 0.15) is 11.4 Å². The monoisotopic (exact) mass is 448 g/mol. The van der Waals surface area contributed by atoms with Gasteiger partial charge in [-0.15, -0.1) is 12.4 Å². The molecule has 1 fully saturated rings. The molecule has 1 aliphatic carbocycles. The molecule has 3 aromatic rings. The van der Waals surface area contributed by atoms with Crippen LogP contribution in [0.4, 0.5) is 11.5 Å². The minimum Gasteiger partial charge on any atom is -0.367 e. The van der Waals surface area contributed by atoms with Gasteiger partial charge in [-0.2, -0.15) is 5.48 Å². The Morgan fingerprint density at radius 1 is 1.27 bits per heavy atom. The Balaban J connectivity index is 0.00000256. The normalized spacial score (nSPS) is 14.3. The van der Waals surface area contributed by atoms with Gasteiger partial charge in [0.15, 0.2) is 0 Å². The maximum absolute atomic E-state index is 12.7. The van der Waals surface area contributed by atoms with Crippen LogP contribution in [0.15, 0.2) is 42.7 Å². The van der Waals surface area contributed by atoms with Gasteiger partial charge in [0, 0.05) is 42.1 Å². The number of benzene rings is 1. The first-order chi connectivity index (χ1) is 14.1. The van der Waals surface area contributed by atoms with E-state index in [2.05, 4.69) is 15.8 Å². The highest BCUT2D eigenvalue weighted by molar-refractivity contribution is 6.30. The molecule has 0 unspecified atom stereocenters. The fourth-order valence-electron chi connectivity index (χ4n) is 3.94. The number of pyridine rings is 1. The SMILES string of the molecule is Cl.Cn1ccc2c(Nc3cccc(Cl)c3)ncc(C(=O)ONCC3CCCCC3)c21. The van der Waals surface area contributed by atoms with E-state index in [4.69, 9.17) is 16.4 Å². The molecule has 0 aliphatic heterocycles. The number of fused-ring (bicyclic) bond motifs is 1. The lowest BCUT2D eigenvalue weighted by molar-refractivity contribution is 0.0211. The van der Waals surface area contributed by atoms with Crippen LogP contribution in [0.5, 0.6) is 0 Å². The van der Waals surface area contributed by atoms with Crippen LogP contribution in [-0.2, 0) is 11.9 Å². The molecule has 6 nitrogen and oxygen atoms in total. The second-order valence-corrected chi connectivity index (χ2v) is 8.02. The maximum Gasteiger partial charge on any atom is 0.360 e. The summed E-state index contributed by atoms with van der Waals surface area (Å²) in [4.78, 5) is 22.5. The highest BCUT2D eigenvalue weighted by Gasteiger charge is 2.19. The van der Waals surface area contributed by atoms with E-state index in [1.54, 1.807) is 6.20 Å². The van der Waals surface area contributed by atoms with Crippen molar-refractivity contribution in [2.75, 3.05) is 11.9 Å². The van der Waals surface area contributed by atoms with E-state index in [1.165, 1.54) is 32.1 Å². The first kappa shape index (κ1) is 22.4. The second-order valence-electron chi connectivity index (χ2n) is 7.59. The third-order valence-electron chi connectivity index (χ3n) is 5.47. The van der Waals surface area contributed by atoms with E-state index in [-0.39, 0.29) is 12.4 Å². The zero-order valence-electron chi connectivity index (χ0n) is 16.9. The number of halogens is 2. The maximum atomic E-state index is 12.7. The molecule has 0 atom stereocenters. The molecule has 2 aromatic heterocycles. The molecule has 0 saturated heterocycles. The minimum atomic E-state index is -0.422. The summed E-state index contributed by atoms with van der Waals surface area (Å²) >= 11 is 6.07. The van der Waals surface area contributed by atoms with Gasteiger partial charge >= 0.3 is 5.97 Å². The van der Waals surface area contributed by atoms with Crippen LogP contribution in [0.1, 0.15) is 42.5 Å². The summed E-state index contributed by atoms with van der Waals surface area (Å²) in [5, 5.41) is 4.76. The number of nitrogens with zero attached hydrogens (tertiary/aromatic N) is 2. The molecule has 0 spiro atoms. The van der Waals surface area contributed by atoms with Crippen LogP contribution >= 0.6 is 24.0 Å². The molecule has 2 heterocycles. The van der Waals surface area contributed by atoms with Crippen molar-refractivity contribution in [2.24, 2.45) is 13.0 Å². The highest BCUT2D eigenvalue weighted by atomic mass is 35.5. The number of hydrogen-bond donors (Lipinski definition) is 2. The average Bonchev–Trinajstić information content (AvgIpc) is 3.11. The smallest absolute Gasteiger partial charge is 0.360 e. The van der Waals surface area contributed by atoms with Crippen molar-refractivity contribution < 1.29 is 9.63 Å². The Labute approximate surface area is 187 Å². The van der Waals surface area contributed by atoms with Gasteiger partial charge in [-0.3, -0.25) is 0 Å². The van der Waals surface area contributed by atoms with Crippen molar-refractivity contribution in [3.63, 3.8) is 0 Å². The molecule has 2 N–H and O–H groups in total. The summed E-state index contributed by atoms with van der Waals surface area (Å²) in [5.41, 5.74) is 4.91. The van der Waals surface area contributed by atoms with Crippen molar-refractivity contribution in [3.05, 3.63) is 53.3 Å². The zero-order chi connectivity index (χ0) is 20.2. The van der Waals surface area contributed by atoms with Crippen LogP contribution in [0.3, 0.4) is 0 Å². The number of hydroxylamine groups is 1. The highest BCUT2D eigenvalue weighted by Crippen LogP contribution is 2.29. The molecule has 8 heteroatoms. The number of nitrogens with one attached hydrogen (secondary N) is 2. The number of aryl methyl sites for hydroxylation is 1. The van der Waals surface area contributed by atoms with Crippen molar-refractivity contribution in [1.29, 1.82) is 0 Å². The molecule has 1 aromatic carbocycles. The Bertz CT molecular complexity index is 1020. The summed E-state index contributed by atoms with van der Waals surface area (Å²) < 4.78 is 1.90. The lowest BCUT2D eigenvalue weighted by Gasteiger charge is -2.21. The Hall–Kier alpha value is -2.28. The first-order valence-electron chi connectivity index (χ1n) is 10.0. The van der Waals surface area contributed by atoms with Crippen LogP contribution in [0.25, 0.3) is 10.9 Å². The van der Waals surface area contributed by atoms with Gasteiger partial charge in [-0.05, 0) is 43.0 Å². The van der Waals surface area contributed by atoms with Crippen molar-refractivity contribution in [1.82, 2.24) is 15.0 Å². The third kappa shape index (κ3) is 5.06. The molecule has 30 heavy (non-hydrogen) atoms. The Kier molecular flexibility index (Phi) is 7.58. The Morgan fingerprint density at radius 2 is 2.07 bits per heavy atom. The van der Waals surface area contributed by atoms with E-state index in [0.29, 0.717) is 28.9 Å². The first-order valence-corrected chi connectivity index (χ1v) is 10.4. The summed E-state index contributed by atoms with van der Waals surface area (Å²) in [6.07, 6.45) is 9.67. The molecule has 0 amide bonds. The molecule has 160 valence electrons. The lowest BCUT2D eigenvalue weighted by Crippen LogP contribution is -2.27. The standard InChI is InChI=1S/C22H25ClN4O2.ClH/c1-27-11-10-18-20(27)19(22(28)29-25-13-15-6-3-2-4-7-15)14-24-21(18)26-17-9-5-8-16(23)12-17;/h5,8-12,14-15,25H,2-4,6-7,13H2,1H3,(H,24,26);1H. The number of carbonyl (C=O) groups excluding carboxylic acids is 1. The summed E-state index contributed by atoms with van der Waals surface area (Å²) in [5.74, 6) is 0.818. The van der Waals surface area contributed by atoms with E-state index >= 15 is 0 Å². The van der Waals surface area contributed by atoms with Gasteiger partial charge in [0.25, 0.3) is 0 Å². The van der Waals surface area contributed by atoms with Gasteiger partial charge in [-0.1, -0.05) is 36.9 Å². The average molecular weight is 449 g/mol. The summed E-state index contributed by atoms with van der Waals surface area (Å²) in [7, 11) is 1.90. The number of anilines is 2. The van der Waals surface area contributed by atoms with Crippen molar-refractivity contribution in [3.8, 4) is 0 Å². The van der Waals surface area contributed by atoms with Crippen molar-refractivity contribution >= 4 is 52.4 Å². The van der Waals surface area contributed by atoms with Crippen molar-refractivity contribution in [2.45, 2.75) is 32.1 Å². The largest absolute Gasteiger partial charge is 0.367 e. The van der Waals surface area contributed by atoms with Crippen LogP contribution in [0.2, 0.25) is 5.02 Å². The predicted molar refractivity (Wildman–Crippen MR) is 123 cm³/mol. The van der Waals surface area contributed by atoms with Gasteiger partial charge in [0.05, 0.1) is 5.52 Å². The molecular weight excluding hydrogens is 423 g/mol. The van der Waals surface area contributed by atoms with Crippen LogP contribution in [-0.4, -0.2) is 22.1 Å². The van der Waals surface area contributed by atoms with Gasteiger partial charge in [-0.25, -0.2) is 9.78 Å². The molecule has 1 saturated carbocycles. The summed E-state index contributed by atoms with van der Waals surface area (Å²) in [6.45, 7) is 0.698. The molecular formula is C22H26Cl2N4O2. The fourth-order valence-corrected chi connectivity index (χ4v) is 4.13. The van der Waals surface area contributed by atoms with Crippen LogP contribution < -0.4 is 10.8 Å². The van der Waals surface area contributed by atoms with E-state index in [1.807, 2.05) is 48.1 Å². The topological polar surface area (TPSA) is 68.2 Å². The number of hydrogen-bond acceptors (Lipinski definition) is 5. The van der Waals surface area contributed by atoms with Gasteiger partial charge in [0.2, 0.25) is 0 Å². The minimum absolute atomic E-state index is 0. The molecule has 1 aliphatic rings. The van der Waals surface area contributed by atoms with E-state index in [0.717, 1.165) is 16.6 Å². The number of aromatic nitrogens is 2. The second kappa shape index (κ2) is 10.2. The van der Waals surface area contributed by atoms with Gasteiger partial charge < -0.3 is 14.7 Å². The number of carbonyl (C=O) groups is 1. The van der Waals surface area contributed by atoms with E-state index in [9.17, 15) is 4.79 Å². The molecule has 4 rings (SSSR count). The quantitative estimate of drug-likeness (QED) is 0.477. The lowest BCUT2D eigenvalue weighted by atomic mass is 9.89. The third-order valence-corrected chi connectivity index (χ3v) is 5.71. The predicted octanol–water partition coefficient (Wildman–Crippen LogP) is 5.63. The van der Waals surface area contributed by atoms with Crippen LogP contribution in [0, 0.1) is 5.92 Å². The summed E-state index contributed by atoms with van der Waals surface area (Å²) in [6, 6.07) is 9.37. The Morgan fingerprint density at radius 3 is 2.83 bits per heavy atom. The molecule has 0 bridgehead atoms.